The van der Waals surface area contributed by atoms with Gasteiger partial charge in [-0.15, -0.1) is 0 Å². The van der Waals surface area contributed by atoms with E-state index in [1.165, 1.54) is 5.56 Å². The van der Waals surface area contributed by atoms with Crippen LogP contribution < -0.4 is 5.43 Å². The van der Waals surface area contributed by atoms with Gasteiger partial charge in [-0.3, -0.25) is 5.43 Å². The van der Waals surface area contributed by atoms with Crippen molar-refractivity contribution < 1.29 is 17.7 Å². The third-order valence-corrected chi connectivity index (χ3v) is 4.77. The highest BCUT2D eigenvalue weighted by Crippen LogP contribution is 2.32. The maximum absolute atomic E-state index is 13.1. The molecular formula is C23H24F3N3O. The highest BCUT2D eigenvalue weighted by Gasteiger charge is 2.31. The predicted molar refractivity (Wildman–Crippen MR) is 112 cm³/mol. The summed E-state index contributed by atoms with van der Waals surface area (Å²) in [7, 11) is 0. The molecule has 1 N–H and O–H groups in total. The number of halogens is 3. The molecule has 0 fully saturated rings. The van der Waals surface area contributed by atoms with Gasteiger partial charge in [-0.25, -0.2) is 0 Å². The molecule has 4 nitrogen and oxygen atoms in total. The summed E-state index contributed by atoms with van der Waals surface area (Å²) in [5.41, 5.74) is 7.22. The topological polar surface area (TPSA) is 50.4 Å². The Hall–Kier alpha value is -3.09. The standard InChI is InChI=1S/C23H24F3N3O/c1-5-20-22(21(30-29-20)12-17-8-6-14(2)7-9-17)16(4)27-28-19-11-15(3)10-18(13-19)23(24,25)26/h6-11,13,28H,5,12H2,1-4H3/b27-16+. The highest BCUT2D eigenvalue weighted by atomic mass is 19.4. The SMILES string of the molecule is CCc1noc(Cc2ccc(C)cc2)c1/C(C)=N/Nc1cc(C)cc(C(F)(F)F)c1. The highest BCUT2D eigenvalue weighted by molar-refractivity contribution is 6.01. The second-order valence-electron chi connectivity index (χ2n) is 7.34. The van der Waals surface area contributed by atoms with Crippen molar-refractivity contribution in [1.82, 2.24) is 5.16 Å². The largest absolute Gasteiger partial charge is 0.416 e. The number of anilines is 1. The zero-order valence-corrected chi connectivity index (χ0v) is 17.4. The molecule has 30 heavy (non-hydrogen) atoms. The molecule has 0 bridgehead atoms. The molecule has 3 aromatic rings. The Labute approximate surface area is 173 Å². The fourth-order valence-electron chi connectivity index (χ4n) is 3.24. The summed E-state index contributed by atoms with van der Waals surface area (Å²) in [6, 6.07) is 11.9. The monoisotopic (exact) mass is 415 g/mol. The van der Waals surface area contributed by atoms with Gasteiger partial charge in [0, 0.05) is 6.42 Å². The molecule has 158 valence electrons. The van der Waals surface area contributed by atoms with E-state index in [1.54, 1.807) is 19.9 Å². The molecule has 3 rings (SSSR count). The number of nitrogens with zero attached hydrogens (tertiary/aromatic N) is 2. The lowest BCUT2D eigenvalue weighted by atomic mass is 10.0. The van der Waals surface area contributed by atoms with Gasteiger partial charge in [0.15, 0.2) is 0 Å². The van der Waals surface area contributed by atoms with E-state index in [0.717, 1.165) is 29.0 Å². The second-order valence-corrected chi connectivity index (χ2v) is 7.34. The Morgan fingerprint density at radius 2 is 1.77 bits per heavy atom. The summed E-state index contributed by atoms with van der Waals surface area (Å²) < 4.78 is 44.8. The lowest BCUT2D eigenvalue weighted by Crippen LogP contribution is -2.08. The Morgan fingerprint density at radius 1 is 1.07 bits per heavy atom. The first-order valence-corrected chi connectivity index (χ1v) is 9.70. The van der Waals surface area contributed by atoms with E-state index in [9.17, 15) is 13.2 Å². The first-order valence-electron chi connectivity index (χ1n) is 9.70. The van der Waals surface area contributed by atoms with E-state index in [0.29, 0.717) is 29.9 Å². The Balaban J connectivity index is 1.88. The van der Waals surface area contributed by atoms with Gasteiger partial charge in [-0.2, -0.15) is 18.3 Å². The molecule has 0 saturated heterocycles. The number of hydrogen-bond acceptors (Lipinski definition) is 4. The van der Waals surface area contributed by atoms with Gasteiger partial charge in [-0.05, 0) is 56.5 Å². The van der Waals surface area contributed by atoms with Crippen molar-refractivity contribution in [3.63, 3.8) is 0 Å². The van der Waals surface area contributed by atoms with Crippen LogP contribution in [0.15, 0.2) is 52.1 Å². The average Bonchev–Trinajstić information content (AvgIpc) is 3.09. The molecule has 0 aliphatic carbocycles. The summed E-state index contributed by atoms with van der Waals surface area (Å²) >= 11 is 0. The molecule has 1 heterocycles. The van der Waals surface area contributed by atoms with Crippen LogP contribution in [0.2, 0.25) is 0 Å². The van der Waals surface area contributed by atoms with Crippen molar-refractivity contribution in [2.24, 2.45) is 5.10 Å². The van der Waals surface area contributed by atoms with Crippen molar-refractivity contribution in [2.45, 2.75) is 46.7 Å². The molecule has 0 saturated carbocycles. The number of nitrogens with one attached hydrogen (secondary N) is 1. The molecule has 0 spiro atoms. The molecule has 0 aliphatic heterocycles. The maximum Gasteiger partial charge on any atom is 0.416 e. The van der Waals surface area contributed by atoms with E-state index >= 15 is 0 Å². The summed E-state index contributed by atoms with van der Waals surface area (Å²) in [4.78, 5) is 0. The van der Waals surface area contributed by atoms with Gasteiger partial charge in [-0.1, -0.05) is 41.9 Å². The third kappa shape index (κ3) is 5.09. The zero-order valence-electron chi connectivity index (χ0n) is 17.4. The summed E-state index contributed by atoms with van der Waals surface area (Å²) in [6.07, 6.45) is -3.20. The zero-order chi connectivity index (χ0) is 21.9. The molecule has 1 aromatic heterocycles. The van der Waals surface area contributed by atoms with Crippen LogP contribution in [0.25, 0.3) is 0 Å². The minimum absolute atomic E-state index is 0.274. The van der Waals surface area contributed by atoms with E-state index in [1.807, 2.05) is 38.1 Å². The van der Waals surface area contributed by atoms with Crippen molar-refractivity contribution >= 4 is 11.4 Å². The number of hydrogen-bond donors (Lipinski definition) is 1. The quantitative estimate of drug-likeness (QED) is 0.380. The molecule has 7 heteroatoms. The normalized spacial score (nSPS) is 12.3. The number of aromatic nitrogens is 1. The summed E-state index contributed by atoms with van der Waals surface area (Å²) in [5, 5.41) is 8.48. The Bertz CT molecular complexity index is 1050. The van der Waals surface area contributed by atoms with Gasteiger partial charge in [0.1, 0.15) is 5.76 Å². The minimum Gasteiger partial charge on any atom is -0.360 e. The van der Waals surface area contributed by atoms with Gasteiger partial charge >= 0.3 is 6.18 Å². The molecule has 0 aliphatic rings. The van der Waals surface area contributed by atoms with Crippen LogP contribution >= 0.6 is 0 Å². The Kier molecular flexibility index (Phi) is 6.29. The van der Waals surface area contributed by atoms with E-state index < -0.39 is 11.7 Å². The average molecular weight is 415 g/mol. The third-order valence-electron chi connectivity index (χ3n) is 4.77. The number of rotatable bonds is 6. The molecule has 0 unspecified atom stereocenters. The van der Waals surface area contributed by atoms with Crippen LogP contribution in [0.4, 0.5) is 18.9 Å². The van der Waals surface area contributed by atoms with Crippen LogP contribution in [-0.4, -0.2) is 10.9 Å². The molecule has 0 atom stereocenters. The van der Waals surface area contributed by atoms with Crippen LogP contribution in [0.3, 0.4) is 0 Å². The first kappa shape index (κ1) is 21.6. The second kappa shape index (κ2) is 8.73. The Morgan fingerprint density at radius 3 is 2.40 bits per heavy atom. The van der Waals surface area contributed by atoms with Crippen molar-refractivity contribution in [2.75, 3.05) is 5.43 Å². The van der Waals surface area contributed by atoms with Gasteiger partial charge < -0.3 is 4.52 Å². The van der Waals surface area contributed by atoms with Crippen molar-refractivity contribution in [1.29, 1.82) is 0 Å². The molecule has 2 aromatic carbocycles. The fraction of sp³-hybridized carbons (Fsp3) is 0.304. The number of hydrazone groups is 1. The van der Waals surface area contributed by atoms with Gasteiger partial charge in [0.05, 0.1) is 28.2 Å². The van der Waals surface area contributed by atoms with E-state index in [-0.39, 0.29) is 5.69 Å². The van der Waals surface area contributed by atoms with Crippen LogP contribution in [0.5, 0.6) is 0 Å². The molecular weight excluding hydrogens is 391 g/mol. The smallest absolute Gasteiger partial charge is 0.360 e. The number of aryl methyl sites for hydroxylation is 3. The predicted octanol–water partition coefficient (Wildman–Crippen LogP) is 6.30. The van der Waals surface area contributed by atoms with E-state index in [2.05, 4.69) is 15.7 Å². The molecule has 0 amide bonds. The van der Waals surface area contributed by atoms with Crippen molar-refractivity contribution in [3.8, 4) is 0 Å². The fourth-order valence-corrected chi connectivity index (χ4v) is 3.24. The van der Waals surface area contributed by atoms with Crippen LogP contribution in [-0.2, 0) is 19.0 Å². The maximum atomic E-state index is 13.1. The number of benzene rings is 2. The van der Waals surface area contributed by atoms with Crippen molar-refractivity contribution in [3.05, 3.63) is 81.7 Å². The number of alkyl halides is 3. The van der Waals surface area contributed by atoms with Gasteiger partial charge in [0.2, 0.25) is 0 Å². The van der Waals surface area contributed by atoms with Crippen LogP contribution in [0.1, 0.15) is 53.1 Å². The lowest BCUT2D eigenvalue weighted by Gasteiger charge is -2.11. The van der Waals surface area contributed by atoms with Gasteiger partial charge in [0.25, 0.3) is 0 Å². The summed E-state index contributed by atoms with van der Waals surface area (Å²) in [6.45, 7) is 7.40. The first-order chi connectivity index (χ1) is 14.2. The minimum atomic E-state index is -4.41. The summed E-state index contributed by atoms with van der Waals surface area (Å²) in [5.74, 6) is 0.680. The molecule has 0 radical (unpaired) electrons. The lowest BCUT2D eigenvalue weighted by molar-refractivity contribution is -0.137. The van der Waals surface area contributed by atoms with Crippen LogP contribution in [0, 0.1) is 13.8 Å². The van der Waals surface area contributed by atoms with E-state index in [4.69, 9.17) is 4.52 Å².